The van der Waals surface area contributed by atoms with Crippen LogP contribution < -0.4 is 14.8 Å². The Morgan fingerprint density at radius 3 is 2.59 bits per heavy atom. The molecular formula is C20H21NO7S. The summed E-state index contributed by atoms with van der Waals surface area (Å²) in [5, 5.41) is 2.63. The SMILES string of the molecule is Cc1ccc(S(=O)(=O)OC[C@H]2C[C@@H]2COC(=O)Nc2ccc3c(c2)OCO3)cc1. The molecule has 0 unspecified atom stereocenters. The molecule has 1 fully saturated rings. The summed E-state index contributed by atoms with van der Waals surface area (Å²) >= 11 is 0. The molecule has 154 valence electrons. The van der Waals surface area contributed by atoms with E-state index in [2.05, 4.69) is 5.32 Å². The number of carbonyl (C=O) groups excluding carboxylic acids is 1. The maximum Gasteiger partial charge on any atom is 0.411 e. The van der Waals surface area contributed by atoms with Gasteiger partial charge in [-0.15, -0.1) is 0 Å². The number of rotatable bonds is 7. The molecule has 4 rings (SSSR count). The van der Waals surface area contributed by atoms with E-state index in [9.17, 15) is 13.2 Å². The molecule has 0 bridgehead atoms. The zero-order valence-corrected chi connectivity index (χ0v) is 16.6. The lowest BCUT2D eigenvalue weighted by atomic mass is 10.2. The number of aryl methyl sites for hydroxylation is 1. The Bertz CT molecular complexity index is 1000. The predicted octanol–water partition coefficient (Wildman–Crippen LogP) is 3.31. The molecule has 1 amide bonds. The van der Waals surface area contributed by atoms with Crippen LogP contribution in [0.2, 0.25) is 0 Å². The fraction of sp³-hybridized carbons (Fsp3) is 0.350. The maximum absolute atomic E-state index is 12.2. The number of anilines is 1. The lowest BCUT2D eigenvalue weighted by Crippen LogP contribution is -2.16. The van der Waals surface area contributed by atoms with Gasteiger partial charge in [-0.3, -0.25) is 9.50 Å². The van der Waals surface area contributed by atoms with Crippen LogP contribution in [0.4, 0.5) is 10.5 Å². The first-order valence-corrected chi connectivity index (χ1v) is 10.6. The van der Waals surface area contributed by atoms with E-state index in [4.69, 9.17) is 18.4 Å². The van der Waals surface area contributed by atoms with Crippen molar-refractivity contribution in [3.05, 3.63) is 48.0 Å². The zero-order chi connectivity index (χ0) is 20.4. The standard InChI is InChI=1S/C20H21NO7S/c1-13-2-5-17(6-3-13)29(23,24)28-11-15-8-14(15)10-25-20(22)21-16-4-7-18-19(9-16)27-12-26-18/h2-7,9,14-15H,8,10-12H2,1H3,(H,21,22)/t14-,15-/m1/s1. The molecule has 1 heterocycles. The Labute approximate surface area is 168 Å². The Morgan fingerprint density at radius 1 is 1.07 bits per heavy atom. The second-order valence-electron chi connectivity index (χ2n) is 7.10. The summed E-state index contributed by atoms with van der Waals surface area (Å²) in [4.78, 5) is 12.1. The van der Waals surface area contributed by atoms with Crippen molar-refractivity contribution in [2.24, 2.45) is 11.8 Å². The molecule has 1 aliphatic heterocycles. The molecule has 0 spiro atoms. The Balaban J connectivity index is 1.19. The van der Waals surface area contributed by atoms with E-state index in [1.54, 1.807) is 30.3 Å². The van der Waals surface area contributed by atoms with Crippen LogP contribution in [0.5, 0.6) is 11.5 Å². The summed E-state index contributed by atoms with van der Waals surface area (Å²) in [6.45, 7) is 2.33. The largest absolute Gasteiger partial charge is 0.454 e. The quantitative estimate of drug-likeness (QED) is 0.687. The third-order valence-electron chi connectivity index (χ3n) is 4.86. The summed E-state index contributed by atoms with van der Waals surface area (Å²) < 4.78 is 45.2. The van der Waals surface area contributed by atoms with Crippen LogP contribution >= 0.6 is 0 Å². The second kappa shape index (κ2) is 7.92. The number of ether oxygens (including phenoxy) is 3. The van der Waals surface area contributed by atoms with Gasteiger partial charge >= 0.3 is 6.09 Å². The van der Waals surface area contributed by atoms with E-state index in [1.807, 2.05) is 6.92 Å². The molecule has 2 aromatic rings. The van der Waals surface area contributed by atoms with Crippen molar-refractivity contribution < 1.29 is 31.6 Å². The van der Waals surface area contributed by atoms with Crippen molar-refractivity contribution in [3.8, 4) is 11.5 Å². The van der Waals surface area contributed by atoms with Crippen LogP contribution in [0, 0.1) is 18.8 Å². The molecule has 9 heteroatoms. The van der Waals surface area contributed by atoms with Crippen molar-refractivity contribution in [3.63, 3.8) is 0 Å². The Kier molecular flexibility index (Phi) is 5.33. The fourth-order valence-electron chi connectivity index (χ4n) is 2.98. The van der Waals surface area contributed by atoms with Crippen molar-refractivity contribution in [2.75, 3.05) is 25.3 Å². The van der Waals surface area contributed by atoms with E-state index in [-0.39, 0.29) is 36.7 Å². The van der Waals surface area contributed by atoms with Gasteiger partial charge in [-0.25, -0.2) is 4.79 Å². The number of amides is 1. The molecule has 1 saturated carbocycles. The molecule has 2 aromatic carbocycles. The van der Waals surface area contributed by atoms with Gasteiger partial charge in [-0.05, 0) is 49.4 Å². The molecule has 1 N–H and O–H groups in total. The number of hydrogen-bond acceptors (Lipinski definition) is 7. The van der Waals surface area contributed by atoms with Crippen LogP contribution in [0.15, 0.2) is 47.4 Å². The van der Waals surface area contributed by atoms with Gasteiger partial charge in [-0.2, -0.15) is 8.42 Å². The molecular weight excluding hydrogens is 398 g/mol. The molecule has 29 heavy (non-hydrogen) atoms. The summed E-state index contributed by atoms with van der Waals surface area (Å²) in [5.74, 6) is 1.33. The molecule has 2 aliphatic rings. The van der Waals surface area contributed by atoms with Gasteiger partial charge in [0.1, 0.15) is 0 Å². The Morgan fingerprint density at radius 2 is 1.79 bits per heavy atom. The maximum atomic E-state index is 12.2. The summed E-state index contributed by atoms with van der Waals surface area (Å²) in [6, 6.07) is 11.6. The molecule has 8 nitrogen and oxygen atoms in total. The highest BCUT2D eigenvalue weighted by molar-refractivity contribution is 7.86. The topological polar surface area (TPSA) is 100 Å². The highest BCUT2D eigenvalue weighted by Crippen LogP contribution is 2.39. The predicted molar refractivity (Wildman–Crippen MR) is 103 cm³/mol. The average molecular weight is 419 g/mol. The van der Waals surface area contributed by atoms with Crippen LogP contribution in [-0.4, -0.2) is 34.5 Å². The highest BCUT2D eigenvalue weighted by Gasteiger charge is 2.39. The minimum absolute atomic E-state index is 0.0496. The minimum atomic E-state index is -3.77. The third-order valence-corrected chi connectivity index (χ3v) is 6.16. The van der Waals surface area contributed by atoms with Gasteiger partial charge in [0, 0.05) is 11.8 Å². The number of hydrogen-bond donors (Lipinski definition) is 1. The van der Waals surface area contributed by atoms with E-state index in [0.29, 0.717) is 17.2 Å². The van der Waals surface area contributed by atoms with Gasteiger partial charge in [0.25, 0.3) is 10.1 Å². The van der Waals surface area contributed by atoms with Crippen LogP contribution in [0.1, 0.15) is 12.0 Å². The molecule has 0 aromatic heterocycles. The number of benzene rings is 2. The lowest BCUT2D eigenvalue weighted by molar-refractivity contribution is 0.152. The molecule has 1 aliphatic carbocycles. The molecule has 2 atom stereocenters. The second-order valence-corrected chi connectivity index (χ2v) is 8.71. The van der Waals surface area contributed by atoms with Crippen LogP contribution in [-0.2, 0) is 19.0 Å². The monoisotopic (exact) mass is 419 g/mol. The van der Waals surface area contributed by atoms with E-state index in [1.165, 1.54) is 12.1 Å². The summed E-state index contributed by atoms with van der Waals surface area (Å²) in [5.41, 5.74) is 1.52. The lowest BCUT2D eigenvalue weighted by Gasteiger charge is -2.08. The average Bonchev–Trinajstić information content (AvgIpc) is 3.29. The first-order chi connectivity index (χ1) is 13.9. The van der Waals surface area contributed by atoms with Gasteiger partial charge in [0.2, 0.25) is 6.79 Å². The number of fused-ring (bicyclic) bond motifs is 1. The zero-order valence-electron chi connectivity index (χ0n) is 15.8. The summed E-state index contributed by atoms with van der Waals surface area (Å²) in [7, 11) is -3.77. The first kappa shape index (κ1) is 19.5. The molecule has 0 radical (unpaired) electrons. The van der Waals surface area contributed by atoms with Crippen molar-refractivity contribution in [2.45, 2.75) is 18.2 Å². The fourth-order valence-corrected chi connectivity index (χ4v) is 3.94. The smallest absolute Gasteiger partial charge is 0.411 e. The van der Waals surface area contributed by atoms with Gasteiger partial charge < -0.3 is 14.2 Å². The Hall–Kier alpha value is -2.78. The van der Waals surface area contributed by atoms with Gasteiger partial charge in [-0.1, -0.05) is 17.7 Å². The van der Waals surface area contributed by atoms with Crippen molar-refractivity contribution >= 4 is 21.9 Å². The van der Waals surface area contributed by atoms with Crippen LogP contribution in [0.3, 0.4) is 0 Å². The third kappa shape index (κ3) is 4.80. The first-order valence-electron chi connectivity index (χ1n) is 9.20. The van der Waals surface area contributed by atoms with E-state index in [0.717, 1.165) is 12.0 Å². The van der Waals surface area contributed by atoms with Gasteiger partial charge in [0.15, 0.2) is 11.5 Å². The number of nitrogens with one attached hydrogen (secondary N) is 1. The minimum Gasteiger partial charge on any atom is -0.454 e. The normalized spacial score (nSPS) is 19.6. The van der Waals surface area contributed by atoms with Crippen molar-refractivity contribution in [1.82, 2.24) is 0 Å². The number of carbonyl (C=O) groups is 1. The summed E-state index contributed by atoms with van der Waals surface area (Å²) in [6.07, 6.45) is 0.170. The van der Waals surface area contributed by atoms with Crippen LogP contribution in [0.25, 0.3) is 0 Å². The van der Waals surface area contributed by atoms with Crippen molar-refractivity contribution in [1.29, 1.82) is 0 Å². The molecule has 0 saturated heterocycles. The van der Waals surface area contributed by atoms with E-state index >= 15 is 0 Å². The highest BCUT2D eigenvalue weighted by atomic mass is 32.2. The van der Waals surface area contributed by atoms with E-state index < -0.39 is 16.2 Å². The van der Waals surface area contributed by atoms with Gasteiger partial charge in [0.05, 0.1) is 18.1 Å².